The van der Waals surface area contributed by atoms with E-state index in [1.807, 2.05) is 6.07 Å². The van der Waals surface area contributed by atoms with Gasteiger partial charge in [0.25, 0.3) is 0 Å². The lowest BCUT2D eigenvalue weighted by atomic mass is 10.0. The smallest absolute Gasteiger partial charge is 0.223 e. The van der Waals surface area contributed by atoms with Crippen LogP contribution >= 0.6 is 12.4 Å². The third kappa shape index (κ3) is 5.91. The zero-order valence-corrected chi connectivity index (χ0v) is 15.7. The molecule has 4 nitrogen and oxygen atoms in total. The third-order valence-corrected chi connectivity index (χ3v) is 4.40. The second-order valence-electron chi connectivity index (χ2n) is 6.27. The van der Waals surface area contributed by atoms with Crippen LogP contribution in [0, 0.1) is 11.6 Å². The molecule has 0 aliphatic carbocycles. The minimum atomic E-state index is -0.350. The molecule has 146 valence electrons. The van der Waals surface area contributed by atoms with Gasteiger partial charge in [0.1, 0.15) is 17.4 Å². The summed E-state index contributed by atoms with van der Waals surface area (Å²) in [5.41, 5.74) is 0.793. The van der Waals surface area contributed by atoms with Crippen molar-refractivity contribution in [2.45, 2.75) is 18.9 Å². The Morgan fingerprint density at radius 2 is 1.89 bits per heavy atom. The number of hydrogen-bond acceptors (Lipinski definition) is 3. The Hall–Kier alpha value is -2.18. The van der Waals surface area contributed by atoms with Crippen molar-refractivity contribution in [1.29, 1.82) is 0 Å². The van der Waals surface area contributed by atoms with Gasteiger partial charge in [-0.15, -0.1) is 12.4 Å². The number of nitrogens with one attached hydrogen (secondary N) is 1. The van der Waals surface area contributed by atoms with Gasteiger partial charge in [-0.3, -0.25) is 4.79 Å². The molecule has 1 unspecified atom stereocenters. The first-order valence-electron chi connectivity index (χ1n) is 8.77. The molecule has 2 aromatic rings. The maximum Gasteiger partial charge on any atom is 0.223 e. The summed E-state index contributed by atoms with van der Waals surface area (Å²) in [7, 11) is 0. The fourth-order valence-electron chi connectivity index (χ4n) is 3.13. The fourth-order valence-corrected chi connectivity index (χ4v) is 3.13. The molecule has 1 amide bonds. The van der Waals surface area contributed by atoms with Gasteiger partial charge in [-0.05, 0) is 36.2 Å². The maximum atomic E-state index is 13.5. The molecule has 7 heteroatoms. The summed E-state index contributed by atoms with van der Waals surface area (Å²) >= 11 is 0. The summed E-state index contributed by atoms with van der Waals surface area (Å²) in [6.07, 6.45) is 0.871. The number of hydrogen-bond donors (Lipinski definition) is 1. The average Bonchev–Trinajstić information content (AvgIpc) is 2.65. The van der Waals surface area contributed by atoms with Crippen LogP contribution in [0.2, 0.25) is 0 Å². The number of rotatable bonds is 6. The van der Waals surface area contributed by atoms with Crippen LogP contribution in [0.3, 0.4) is 0 Å². The molecule has 27 heavy (non-hydrogen) atoms. The van der Waals surface area contributed by atoms with E-state index in [0.717, 1.165) is 12.1 Å². The monoisotopic (exact) mass is 396 g/mol. The summed E-state index contributed by atoms with van der Waals surface area (Å²) in [6, 6.07) is 12.1. The summed E-state index contributed by atoms with van der Waals surface area (Å²) in [5.74, 6) is -0.179. The molecular formula is C20H23ClF2N2O2. The first-order chi connectivity index (χ1) is 12.6. The number of carbonyl (C=O) groups excluding carboxylic acids is 1. The number of piperazine rings is 1. The Balaban J connectivity index is 0.00000261. The van der Waals surface area contributed by atoms with E-state index in [1.54, 1.807) is 23.1 Å². The first kappa shape index (κ1) is 21.1. The Morgan fingerprint density at radius 3 is 2.63 bits per heavy atom. The zero-order valence-electron chi connectivity index (χ0n) is 14.9. The van der Waals surface area contributed by atoms with Crippen molar-refractivity contribution in [1.82, 2.24) is 10.2 Å². The van der Waals surface area contributed by atoms with Crippen molar-refractivity contribution in [2.75, 3.05) is 26.2 Å². The Kier molecular flexibility index (Phi) is 8.00. The van der Waals surface area contributed by atoms with Gasteiger partial charge in [-0.25, -0.2) is 8.78 Å². The van der Waals surface area contributed by atoms with Crippen LogP contribution in [0.1, 0.15) is 24.4 Å². The lowest BCUT2D eigenvalue weighted by Gasteiger charge is -2.36. The number of amides is 1. The van der Waals surface area contributed by atoms with Crippen LogP contribution in [-0.2, 0) is 4.79 Å². The zero-order chi connectivity index (χ0) is 18.4. The largest absolute Gasteiger partial charge is 0.493 e. The van der Waals surface area contributed by atoms with E-state index in [2.05, 4.69) is 5.32 Å². The molecule has 0 saturated carbocycles. The predicted molar refractivity (Wildman–Crippen MR) is 102 cm³/mol. The van der Waals surface area contributed by atoms with Crippen molar-refractivity contribution in [3.8, 4) is 5.75 Å². The predicted octanol–water partition coefficient (Wildman–Crippen LogP) is 3.72. The second kappa shape index (κ2) is 10.2. The SMILES string of the molecule is Cl.O=C(CCCOc1cccc(F)c1)N1CCNCC1c1cccc(F)c1. The molecule has 1 fully saturated rings. The summed E-state index contributed by atoms with van der Waals surface area (Å²) in [5, 5.41) is 3.26. The number of halogens is 3. The van der Waals surface area contributed by atoms with E-state index in [0.29, 0.717) is 38.3 Å². The van der Waals surface area contributed by atoms with E-state index in [1.165, 1.54) is 24.3 Å². The minimum Gasteiger partial charge on any atom is -0.493 e. The van der Waals surface area contributed by atoms with E-state index in [-0.39, 0.29) is 36.0 Å². The van der Waals surface area contributed by atoms with Gasteiger partial charge in [0, 0.05) is 32.1 Å². The molecule has 2 aromatic carbocycles. The molecule has 1 atom stereocenters. The number of ether oxygens (including phenoxy) is 1. The number of benzene rings is 2. The standard InChI is InChI=1S/C20H22F2N2O2.ClH/c21-16-5-1-4-15(12-16)19-14-23-9-10-24(19)20(25)8-3-11-26-18-7-2-6-17(22)13-18;/h1-2,4-7,12-13,19,23H,3,8-11,14H2;1H. The molecule has 0 aromatic heterocycles. The fraction of sp³-hybridized carbons (Fsp3) is 0.350. The van der Waals surface area contributed by atoms with E-state index < -0.39 is 0 Å². The molecular weight excluding hydrogens is 374 g/mol. The molecule has 1 heterocycles. The van der Waals surface area contributed by atoms with Crippen molar-refractivity contribution in [3.05, 3.63) is 65.7 Å². The third-order valence-electron chi connectivity index (χ3n) is 4.40. The van der Waals surface area contributed by atoms with Gasteiger partial charge in [-0.1, -0.05) is 18.2 Å². The van der Waals surface area contributed by atoms with Crippen LogP contribution < -0.4 is 10.1 Å². The van der Waals surface area contributed by atoms with E-state index in [4.69, 9.17) is 4.74 Å². The topological polar surface area (TPSA) is 41.6 Å². The highest BCUT2D eigenvalue weighted by atomic mass is 35.5. The first-order valence-corrected chi connectivity index (χ1v) is 8.77. The molecule has 0 radical (unpaired) electrons. The van der Waals surface area contributed by atoms with Gasteiger partial charge >= 0.3 is 0 Å². The highest BCUT2D eigenvalue weighted by Gasteiger charge is 2.27. The van der Waals surface area contributed by atoms with E-state index in [9.17, 15) is 13.6 Å². The Bertz CT molecular complexity index is 760. The summed E-state index contributed by atoms with van der Waals surface area (Å²) < 4.78 is 32.1. The lowest BCUT2D eigenvalue weighted by molar-refractivity contribution is -0.134. The number of nitrogens with zero attached hydrogens (tertiary/aromatic N) is 1. The number of carbonyl (C=O) groups is 1. The van der Waals surface area contributed by atoms with Crippen molar-refractivity contribution in [2.24, 2.45) is 0 Å². The quantitative estimate of drug-likeness (QED) is 0.757. The van der Waals surface area contributed by atoms with Crippen LogP contribution in [0.15, 0.2) is 48.5 Å². The van der Waals surface area contributed by atoms with Crippen LogP contribution in [0.4, 0.5) is 8.78 Å². The van der Waals surface area contributed by atoms with Crippen molar-refractivity contribution in [3.63, 3.8) is 0 Å². The van der Waals surface area contributed by atoms with Crippen LogP contribution in [0.5, 0.6) is 5.75 Å². The van der Waals surface area contributed by atoms with Gasteiger partial charge in [0.2, 0.25) is 5.91 Å². The molecule has 1 saturated heterocycles. The molecule has 0 spiro atoms. The second-order valence-corrected chi connectivity index (χ2v) is 6.27. The highest BCUT2D eigenvalue weighted by Crippen LogP contribution is 2.24. The molecule has 1 N–H and O–H groups in total. The molecule has 1 aliphatic heterocycles. The minimum absolute atomic E-state index is 0. The van der Waals surface area contributed by atoms with Gasteiger partial charge < -0.3 is 15.0 Å². The van der Waals surface area contributed by atoms with E-state index >= 15 is 0 Å². The normalized spacial score (nSPS) is 16.5. The van der Waals surface area contributed by atoms with Crippen LogP contribution in [-0.4, -0.2) is 37.0 Å². The van der Waals surface area contributed by atoms with Crippen molar-refractivity contribution < 1.29 is 18.3 Å². The molecule has 3 rings (SSSR count). The lowest BCUT2D eigenvalue weighted by Crippen LogP contribution is -2.48. The Labute approximate surface area is 163 Å². The summed E-state index contributed by atoms with van der Waals surface area (Å²) in [4.78, 5) is 14.4. The van der Waals surface area contributed by atoms with Crippen molar-refractivity contribution >= 4 is 18.3 Å². The molecule has 1 aliphatic rings. The van der Waals surface area contributed by atoms with Gasteiger partial charge in [-0.2, -0.15) is 0 Å². The average molecular weight is 397 g/mol. The summed E-state index contributed by atoms with van der Waals surface area (Å²) in [6.45, 7) is 2.25. The van der Waals surface area contributed by atoms with Gasteiger partial charge in [0.15, 0.2) is 0 Å². The van der Waals surface area contributed by atoms with Gasteiger partial charge in [0.05, 0.1) is 12.6 Å². The Morgan fingerprint density at radius 1 is 1.15 bits per heavy atom. The highest BCUT2D eigenvalue weighted by molar-refractivity contribution is 5.85. The van der Waals surface area contributed by atoms with Crippen LogP contribution in [0.25, 0.3) is 0 Å². The molecule has 0 bridgehead atoms. The maximum absolute atomic E-state index is 13.5.